The van der Waals surface area contributed by atoms with Crippen molar-refractivity contribution in [3.63, 3.8) is 0 Å². The van der Waals surface area contributed by atoms with E-state index in [0.717, 1.165) is 41.5 Å². The number of aromatic nitrogens is 2. The van der Waals surface area contributed by atoms with Crippen LogP contribution in [-0.2, 0) is 13.6 Å². The second-order valence-corrected chi connectivity index (χ2v) is 6.26. The number of nitrogens with zero attached hydrogens (tertiary/aromatic N) is 3. The molecule has 0 unspecified atom stereocenters. The number of hydrogen-bond acceptors (Lipinski definition) is 2. The van der Waals surface area contributed by atoms with Crippen molar-refractivity contribution in [2.75, 3.05) is 0 Å². The summed E-state index contributed by atoms with van der Waals surface area (Å²) in [6.07, 6.45) is 4.53. The van der Waals surface area contributed by atoms with Crippen molar-refractivity contribution in [1.29, 1.82) is 5.26 Å². The van der Waals surface area contributed by atoms with E-state index in [1.165, 1.54) is 12.8 Å². The zero-order valence-corrected chi connectivity index (χ0v) is 14.7. The average molecular weight is 331 g/mol. The minimum atomic E-state index is 0.0112. The number of nitriles is 1. The van der Waals surface area contributed by atoms with Crippen LogP contribution >= 0.6 is 0 Å². The molecule has 0 radical (unpaired) electrons. The van der Waals surface area contributed by atoms with Gasteiger partial charge in [0.2, 0.25) is 0 Å². The van der Waals surface area contributed by atoms with E-state index in [1.54, 1.807) is 17.7 Å². The molecule has 4 heteroatoms. The highest BCUT2D eigenvalue weighted by atomic mass is 16.1. The van der Waals surface area contributed by atoms with Crippen molar-refractivity contribution < 1.29 is 0 Å². The fourth-order valence-corrected chi connectivity index (χ4v) is 3.21. The summed E-state index contributed by atoms with van der Waals surface area (Å²) in [6.45, 7) is 2.92. The second-order valence-electron chi connectivity index (χ2n) is 6.26. The molecule has 0 atom stereocenters. The molecule has 126 valence electrons. The highest BCUT2D eigenvalue weighted by Crippen LogP contribution is 2.26. The Bertz CT molecular complexity index is 989. The van der Waals surface area contributed by atoms with Crippen LogP contribution in [0.3, 0.4) is 0 Å². The Morgan fingerprint density at radius 2 is 2.00 bits per heavy atom. The lowest BCUT2D eigenvalue weighted by atomic mass is 10.0. The van der Waals surface area contributed by atoms with Crippen LogP contribution in [0.1, 0.15) is 38.2 Å². The van der Waals surface area contributed by atoms with Crippen molar-refractivity contribution in [3.05, 3.63) is 58.5 Å². The molecule has 0 spiro atoms. The van der Waals surface area contributed by atoms with Gasteiger partial charge in [0.25, 0.3) is 0 Å². The van der Waals surface area contributed by atoms with Gasteiger partial charge in [0, 0.05) is 19.2 Å². The molecule has 0 saturated carbocycles. The first-order chi connectivity index (χ1) is 12.2. The molecule has 0 aliphatic heterocycles. The Morgan fingerprint density at radius 3 is 2.76 bits per heavy atom. The number of fused-ring (bicyclic) bond motifs is 1. The van der Waals surface area contributed by atoms with Gasteiger partial charge in [-0.2, -0.15) is 5.26 Å². The molecule has 3 aromatic rings. The number of hydrogen-bond donors (Lipinski definition) is 0. The molecule has 1 aromatic heterocycles. The van der Waals surface area contributed by atoms with E-state index in [9.17, 15) is 10.1 Å². The Morgan fingerprint density at radius 1 is 1.16 bits per heavy atom. The molecule has 0 N–H and O–H groups in total. The fraction of sp³-hybridized carbons (Fsp3) is 0.333. The Kier molecular flexibility index (Phi) is 4.91. The molecule has 0 bridgehead atoms. The highest BCUT2D eigenvalue weighted by Gasteiger charge is 2.12. The van der Waals surface area contributed by atoms with Crippen LogP contribution in [0, 0.1) is 23.5 Å². The maximum absolute atomic E-state index is 12.6. The minimum absolute atomic E-state index is 0.0112. The third-order valence-corrected chi connectivity index (χ3v) is 4.60. The number of benzene rings is 1. The van der Waals surface area contributed by atoms with Gasteiger partial charge < -0.3 is 0 Å². The first-order valence-electron chi connectivity index (χ1n) is 8.69. The summed E-state index contributed by atoms with van der Waals surface area (Å²) in [5, 5.41) is 9.28. The molecule has 0 aliphatic rings. The first-order valence-corrected chi connectivity index (χ1v) is 8.69. The Labute approximate surface area is 147 Å². The van der Waals surface area contributed by atoms with Crippen LogP contribution in [0.2, 0.25) is 0 Å². The number of rotatable bonds is 6. The van der Waals surface area contributed by atoms with E-state index in [4.69, 9.17) is 0 Å². The molecule has 0 amide bonds. The monoisotopic (exact) mass is 331 g/mol. The Balaban J connectivity index is 2.03. The molecule has 3 rings (SSSR count). The Hall–Kier alpha value is -2.98. The van der Waals surface area contributed by atoms with Crippen LogP contribution in [0.15, 0.2) is 35.1 Å². The van der Waals surface area contributed by atoms with Crippen molar-refractivity contribution in [3.8, 4) is 17.2 Å². The van der Waals surface area contributed by atoms with Gasteiger partial charge in [0.15, 0.2) is 0 Å². The lowest BCUT2D eigenvalue weighted by Crippen LogP contribution is -2.22. The molecule has 4 nitrogen and oxygen atoms in total. The standard InChI is InChI=1S/C21H21N3O/c1-3-4-5-8-13-24-19-12-11-16(14-20(19)23(2)21(24)25)18-10-7-6-9-17(18)15-22/h7,10-12,14H,3-5,8,13H2,1-2H3. The van der Waals surface area contributed by atoms with Crippen LogP contribution in [-0.4, -0.2) is 9.13 Å². The normalized spacial score (nSPS) is 10.6. The van der Waals surface area contributed by atoms with E-state index in [1.807, 2.05) is 28.8 Å². The SMILES string of the molecule is CCCCCCn1c(=O)n(C)c2cc(-c3ccc#cc3C#N)ccc21. The zero-order chi connectivity index (χ0) is 17.8. The molecule has 0 aliphatic carbocycles. The average Bonchev–Trinajstić information content (AvgIpc) is 2.89. The zero-order valence-electron chi connectivity index (χ0n) is 14.7. The minimum Gasteiger partial charge on any atom is -0.295 e. The smallest absolute Gasteiger partial charge is 0.295 e. The molecule has 2 aromatic carbocycles. The summed E-state index contributed by atoms with van der Waals surface area (Å²) in [7, 11) is 1.80. The fourth-order valence-electron chi connectivity index (χ4n) is 3.21. The first kappa shape index (κ1) is 16.9. The van der Waals surface area contributed by atoms with Gasteiger partial charge >= 0.3 is 5.69 Å². The van der Waals surface area contributed by atoms with Gasteiger partial charge in [-0.15, -0.1) is 0 Å². The maximum Gasteiger partial charge on any atom is 0.328 e. The molecular weight excluding hydrogens is 310 g/mol. The van der Waals surface area contributed by atoms with Crippen molar-refractivity contribution in [1.82, 2.24) is 9.13 Å². The van der Waals surface area contributed by atoms with Crippen molar-refractivity contribution in [2.24, 2.45) is 7.05 Å². The summed E-state index contributed by atoms with van der Waals surface area (Å²) >= 11 is 0. The largest absolute Gasteiger partial charge is 0.328 e. The number of unbranched alkanes of at least 4 members (excludes halogenated alkanes) is 3. The van der Waals surface area contributed by atoms with Gasteiger partial charge in [-0.1, -0.05) is 44.4 Å². The quantitative estimate of drug-likeness (QED) is 0.640. The lowest BCUT2D eigenvalue weighted by molar-refractivity contribution is 0.573. The summed E-state index contributed by atoms with van der Waals surface area (Å²) in [4.78, 5) is 12.6. The second kappa shape index (κ2) is 7.28. The molecule has 25 heavy (non-hydrogen) atoms. The van der Waals surface area contributed by atoms with Crippen LogP contribution in [0.5, 0.6) is 0 Å². The maximum atomic E-state index is 12.6. The summed E-state index contributed by atoms with van der Waals surface area (Å²) in [5.74, 6) is 0. The predicted octanol–water partition coefficient (Wildman–Crippen LogP) is 4.06. The van der Waals surface area contributed by atoms with E-state index in [0.29, 0.717) is 5.56 Å². The summed E-state index contributed by atoms with van der Waals surface area (Å²) in [5.41, 5.74) is 4.02. The number of imidazole rings is 1. The van der Waals surface area contributed by atoms with Crippen LogP contribution in [0.4, 0.5) is 0 Å². The molecule has 0 saturated heterocycles. The summed E-state index contributed by atoms with van der Waals surface area (Å²) in [6, 6.07) is 17.3. The van der Waals surface area contributed by atoms with Gasteiger partial charge in [0.1, 0.15) is 11.6 Å². The van der Waals surface area contributed by atoms with Gasteiger partial charge in [-0.3, -0.25) is 9.13 Å². The van der Waals surface area contributed by atoms with Crippen LogP contribution in [0.25, 0.3) is 22.2 Å². The predicted molar refractivity (Wildman–Crippen MR) is 99.1 cm³/mol. The molecular formula is C21H21N3O. The van der Waals surface area contributed by atoms with Gasteiger partial charge in [-0.25, -0.2) is 4.79 Å². The van der Waals surface area contributed by atoms with E-state index >= 15 is 0 Å². The van der Waals surface area contributed by atoms with E-state index in [2.05, 4.69) is 25.1 Å². The van der Waals surface area contributed by atoms with Crippen molar-refractivity contribution in [2.45, 2.75) is 39.2 Å². The van der Waals surface area contributed by atoms with E-state index < -0.39 is 0 Å². The number of aryl methyl sites for hydroxylation is 2. The lowest BCUT2D eigenvalue weighted by Gasteiger charge is -2.05. The molecule has 1 heterocycles. The summed E-state index contributed by atoms with van der Waals surface area (Å²) < 4.78 is 3.54. The third-order valence-electron chi connectivity index (χ3n) is 4.60. The van der Waals surface area contributed by atoms with Crippen molar-refractivity contribution >= 4 is 11.0 Å². The van der Waals surface area contributed by atoms with Gasteiger partial charge in [-0.05, 0) is 36.2 Å². The topological polar surface area (TPSA) is 50.7 Å². The van der Waals surface area contributed by atoms with Crippen LogP contribution < -0.4 is 5.69 Å². The van der Waals surface area contributed by atoms with E-state index in [-0.39, 0.29) is 5.69 Å². The molecule has 0 fully saturated rings. The van der Waals surface area contributed by atoms with Gasteiger partial charge in [0.05, 0.1) is 11.0 Å². The highest BCUT2D eigenvalue weighted by molar-refractivity contribution is 5.84. The third kappa shape index (κ3) is 3.16.